The molecule has 3 rings (SSSR count). The number of aromatic hydroxyl groups is 1. The molecule has 0 bridgehead atoms. The third-order valence-electron chi connectivity index (χ3n) is 6.62. The second kappa shape index (κ2) is 10.9. The van der Waals surface area contributed by atoms with Gasteiger partial charge in [-0.25, -0.2) is 4.21 Å². The molecule has 0 radical (unpaired) electrons. The predicted molar refractivity (Wildman–Crippen MR) is 146 cm³/mol. The van der Waals surface area contributed by atoms with Gasteiger partial charge in [-0.05, 0) is 94.8 Å². The van der Waals surface area contributed by atoms with Crippen molar-refractivity contribution in [3.63, 3.8) is 0 Å². The number of fused-ring (bicyclic) bond motifs is 1. The van der Waals surface area contributed by atoms with Gasteiger partial charge in [-0.15, -0.1) is 0 Å². The van der Waals surface area contributed by atoms with Crippen molar-refractivity contribution in [3.05, 3.63) is 53.1 Å². The van der Waals surface area contributed by atoms with E-state index in [2.05, 4.69) is 29.2 Å². The summed E-state index contributed by atoms with van der Waals surface area (Å²) in [7, 11) is -2.75. The quantitative estimate of drug-likeness (QED) is 0.415. The number of aryl methyl sites for hydroxylation is 1. The molecule has 1 unspecified atom stereocenters. The number of hydrogen-bond donors (Lipinski definition) is 1. The van der Waals surface area contributed by atoms with Gasteiger partial charge in [-0.3, -0.25) is 9.69 Å². The van der Waals surface area contributed by atoms with Crippen molar-refractivity contribution in [3.8, 4) is 11.5 Å². The number of amides is 1. The molecule has 0 aromatic heterocycles. The molecule has 2 aromatic carbocycles. The normalized spacial score (nSPS) is 15.9. The van der Waals surface area contributed by atoms with E-state index in [4.69, 9.17) is 4.74 Å². The monoisotopic (exact) mass is 514 g/mol. The fraction of sp³-hybridized carbons (Fsp3) is 0.552. The van der Waals surface area contributed by atoms with Crippen molar-refractivity contribution < 1.29 is 18.8 Å². The average Bonchev–Trinajstić information content (AvgIpc) is 3.23. The van der Waals surface area contributed by atoms with Crippen LogP contribution in [0.1, 0.15) is 84.4 Å². The van der Waals surface area contributed by atoms with Crippen LogP contribution in [0.4, 0.5) is 0 Å². The zero-order valence-electron chi connectivity index (χ0n) is 22.9. The van der Waals surface area contributed by atoms with E-state index in [-0.39, 0.29) is 29.2 Å². The van der Waals surface area contributed by atoms with E-state index in [9.17, 15) is 14.1 Å². The second-order valence-electron chi connectivity index (χ2n) is 11.3. The van der Waals surface area contributed by atoms with E-state index >= 15 is 0 Å². The highest BCUT2D eigenvalue weighted by Crippen LogP contribution is 2.35. The minimum Gasteiger partial charge on any atom is -0.504 e. The SMILES string of the molecule is CCCS(=O)(=NC(=O)CC)c1ccc2c(c1)CN(C(C)(C)CCc1ccc(O)c(OC(C)(C)C)c1)C2. The van der Waals surface area contributed by atoms with Crippen LogP contribution in [-0.2, 0) is 34.0 Å². The number of rotatable bonds is 9. The second-order valence-corrected chi connectivity index (χ2v) is 13.6. The van der Waals surface area contributed by atoms with Gasteiger partial charge in [0.15, 0.2) is 11.5 Å². The Bertz CT molecular complexity index is 1220. The number of phenolic OH excluding ortho intramolecular Hbond substituents is 1. The number of carbonyl (C=O) groups is 1. The zero-order valence-corrected chi connectivity index (χ0v) is 23.7. The molecule has 198 valence electrons. The first kappa shape index (κ1) is 28.2. The van der Waals surface area contributed by atoms with Crippen molar-refractivity contribution >= 4 is 15.6 Å². The Hall–Kier alpha value is -2.38. The number of hydrogen-bond acceptors (Lipinski definition) is 5. The summed E-state index contributed by atoms with van der Waals surface area (Å²) in [5, 5.41) is 10.2. The maximum absolute atomic E-state index is 13.6. The van der Waals surface area contributed by atoms with Crippen LogP contribution in [0.25, 0.3) is 0 Å². The molecule has 6 nitrogen and oxygen atoms in total. The molecule has 0 fully saturated rings. The van der Waals surface area contributed by atoms with Crippen molar-refractivity contribution in [1.82, 2.24) is 4.90 Å². The molecular weight excluding hydrogens is 472 g/mol. The summed E-state index contributed by atoms with van der Waals surface area (Å²) >= 11 is 0. The Balaban J connectivity index is 1.75. The van der Waals surface area contributed by atoms with Crippen LogP contribution in [0.3, 0.4) is 0 Å². The van der Waals surface area contributed by atoms with Crippen LogP contribution in [-0.4, -0.2) is 37.0 Å². The van der Waals surface area contributed by atoms with E-state index in [0.717, 1.165) is 37.1 Å². The third kappa shape index (κ3) is 6.88. The summed E-state index contributed by atoms with van der Waals surface area (Å²) < 4.78 is 23.7. The van der Waals surface area contributed by atoms with E-state index in [1.807, 2.05) is 52.0 Å². The Morgan fingerprint density at radius 1 is 1.06 bits per heavy atom. The van der Waals surface area contributed by atoms with Crippen LogP contribution in [0.2, 0.25) is 0 Å². The predicted octanol–water partition coefficient (Wildman–Crippen LogP) is 6.47. The van der Waals surface area contributed by atoms with Crippen LogP contribution in [0, 0.1) is 0 Å². The van der Waals surface area contributed by atoms with Gasteiger partial charge in [-0.2, -0.15) is 4.36 Å². The lowest BCUT2D eigenvalue weighted by atomic mass is 9.93. The van der Waals surface area contributed by atoms with Crippen molar-refractivity contribution in [2.24, 2.45) is 4.36 Å². The number of benzene rings is 2. The molecule has 1 atom stereocenters. The van der Waals surface area contributed by atoms with E-state index in [1.165, 1.54) is 5.56 Å². The molecule has 0 saturated heterocycles. The molecular formula is C29H42N2O4S. The largest absolute Gasteiger partial charge is 0.504 e. The molecule has 1 heterocycles. The lowest BCUT2D eigenvalue weighted by molar-refractivity contribution is -0.117. The Kier molecular flexibility index (Phi) is 8.56. The Morgan fingerprint density at radius 3 is 2.39 bits per heavy atom. The molecule has 36 heavy (non-hydrogen) atoms. The summed E-state index contributed by atoms with van der Waals surface area (Å²) in [6.07, 6.45) is 2.75. The minimum absolute atomic E-state index is 0.0739. The highest BCUT2D eigenvalue weighted by molar-refractivity contribution is 7.94. The summed E-state index contributed by atoms with van der Waals surface area (Å²) in [4.78, 5) is 15.1. The molecule has 0 aliphatic carbocycles. The lowest BCUT2D eigenvalue weighted by Gasteiger charge is -2.35. The first-order valence-electron chi connectivity index (χ1n) is 12.9. The smallest absolute Gasteiger partial charge is 0.253 e. The number of nitrogens with zero attached hydrogens (tertiary/aromatic N) is 2. The molecule has 0 spiro atoms. The van der Waals surface area contributed by atoms with Gasteiger partial charge in [-0.1, -0.05) is 26.0 Å². The molecule has 1 amide bonds. The van der Waals surface area contributed by atoms with Gasteiger partial charge in [0.2, 0.25) is 0 Å². The van der Waals surface area contributed by atoms with Crippen molar-refractivity contribution in [1.29, 1.82) is 0 Å². The van der Waals surface area contributed by atoms with Gasteiger partial charge in [0.1, 0.15) is 5.60 Å². The highest BCUT2D eigenvalue weighted by Gasteiger charge is 2.32. The Morgan fingerprint density at radius 2 is 1.75 bits per heavy atom. The molecule has 2 aromatic rings. The van der Waals surface area contributed by atoms with Crippen LogP contribution in [0.15, 0.2) is 45.7 Å². The topological polar surface area (TPSA) is 79.2 Å². The summed E-state index contributed by atoms with van der Waals surface area (Å²) in [5.74, 6) is 0.759. The van der Waals surface area contributed by atoms with Gasteiger partial charge in [0.05, 0.1) is 9.73 Å². The summed E-state index contributed by atoms with van der Waals surface area (Å²) in [6.45, 7) is 15.7. The number of carbonyl (C=O) groups excluding carboxylic acids is 1. The summed E-state index contributed by atoms with van der Waals surface area (Å²) in [6, 6.07) is 11.6. The van der Waals surface area contributed by atoms with Gasteiger partial charge < -0.3 is 9.84 Å². The fourth-order valence-corrected chi connectivity index (χ4v) is 6.50. The molecule has 1 aliphatic heterocycles. The minimum atomic E-state index is -2.75. The maximum atomic E-state index is 13.6. The number of ether oxygens (including phenoxy) is 1. The van der Waals surface area contributed by atoms with Gasteiger partial charge in [0, 0.05) is 35.7 Å². The van der Waals surface area contributed by atoms with Crippen molar-refractivity contribution in [2.75, 3.05) is 5.75 Å². The molecule has 1 N–H and O–H groups in total. The van der Waals surface area contributed by atoms with Crippen LogP contribution < -0.4 is 4.74 Å². The third-order valence-corrected chi connectivity index (χ3v) is 9.07. The zero-order chi connectivity index (χ0) is 26.7. The van der Waals surface area contributed by atoms with Crippen LogP contribution >= 0.6 is 0 Å². The highest BCUT2D eigenvalue weighted by atomic mass is 32.2. The van der Waals surface area contributed by atoms with E-state index in [1.54, 1.807) is 13.0 Å². The van der Waals surface area contributed by atoms with E-state index in [0.29, 0.717) is 22.8 Å². The molecule has 1 aliphatic rings. The van der Waals surface area contributed by atoms with E-state index < -0.39 is 9.73 Å². The number of phenols is 1. The maximum Gasteiger partial charge on any atom is 0.253 e. The van der Waals surface area contributed by atoms with Crippen molar-refractivity contribution in [2.45, 2.75) is 103 Å². The van der Waals surface area contributed by atoms with Gasteiger partial charge >= 0.3 is 0 Å². The average molecular weight is 515 g/mol. The fourth-order valence-electron chi connectivity index (χ4n) is 4.45. The standard InChI is InChI=1S/C29H42N2O4S/c1-8-16-36(34,30-27(33)9-2)24-12-11-22-19-31(20-23(22)18-24)29(6,7)15-14-21-10-13-25(32)26(17-21)35-28(3,4)5/h10-13,17-18,32H,8-9,14-16,19-20H2,1-7H3. The Labute approximate surface area is 217 Å². The molecule has 0 saturated carbocycles. The summed E-state index contributed by atoms with van der Waals surface area (Å²) in [5.41, 5.74) is 3.06. The van der Waals surface area contributed by atoms with Crippen LogP contribution in [0.5, 0.6) is 11.5 Å². The molecule has 7 heteroatoms. The first-order chi connectivity index (χ1) is 16.8. The van der Waals surface area contributed by atoms with Gasteiger partial charge in [0.25, 0.3) is 5.91 Å². The lowest BCUT2D eigenvalue weighted by Crippen LogP contribution is -2.40. The first-order valence-corrected chi connectivity index (χ1v) is 14.6.